The van der Waals surface area contributed by atoms with Crippen LogP contribution in [-0.2, 0) is 19.4 Å². The molecule has 1 aromatic heterocycles. The number of hydrogen-bond acceptors (Lipinski definition) is 6. The lowest BCUT2D eigenvalue weighted by molar-refractivity contribution is -0.118. The maximum absolute atomic E-state index is 12.4. The summed E-state index contributed by atoms with van der Waals surface area (Å²) in [5.41, 5.74) is 0.818. The Morgan fingerprint density at radius 1 is 1.32 bits per heavy atom. The van der Waals surface area contributed by atoms with E-state index in [0.717, 1.165) is 31.0 Å². The number of carbonyl (C=O) groups excluding carboxylic acids is 2. The third-order valence-corrected chi connectivity index (χ3v) is 7.05. The highest BCUT2D eigenvalue weighted by atomic mass is 32.2. The average molecular weight is 413 g/mol. The van der Waals surface area contributed by atoms with Gasteiger partial charge in [0, 0.05) is 31.0 Å². The summed E-state index contributed by atoms with van der Waals surface area (Å²) in [5, 5.41) is 2.22. The van der Waals surface area contributed by atoms with Gasteiger partial charge in [-0.1, -0.05) is 13.3 Å². The molecule has 0 bridgehead atoms. The fourth-order valence-electron chi connectivity index (χ4n) is 3.58. The molecule has 3 amide bonds. The highest BCUT2D eigenvalue weighted by Crippen LogP contribution is 2.27. The molecule has 2 N–H and O–H groups in total. The molecule has 10 heteroatoms. The summed E-state index contributed by atoms with van der Waals surface area (Å²) < 4.78 is 30.4. The number of rotatable bonds is 10. The molecule has 9 nitrogen and oxygen atoms in total. The lowest BCUT2D eigenvalue weighted by Gasteiger charge is -2.13. The van der Waals surface area contributed by atoms with Crippen molar-refractivity contribution in [2.24, 2.45) is 0 Å². The lowest BCUT2D eigenvalue weighted by Crippen LogP contribution is -2.29. The van der Waals surface area contributed by atoms with E-state index >= 15 is 0 Å². The first-order valence-electron chi connectivity index (χ1n) is 9.79. The van der Waals surface area contributed by atoms with Gasteiger partial charge >= 0.3 is 6.03 Å². The van der Waals surface area contributed by atoms with E-state index in [1.54, 1.807) is 6.20 Å². The molecule has 2 fully saturated rings. The summed E-state index contributed by atoms with van der Waals surface area (Å²) in [5.74, 6) is 0.523. The molecule has 2 aliphatic rings. The van der Waals surface area contributed by atoms with Gasteiger partial charge in [-0.2, -0.15) is 0 Å². The molecule has 28 heavy (non-hydrogen) atoms. The summed E-state index contributed by atoms with van der Waals surface area (Å²) in [6.07, 6.45) is 5.57. The first-order valence-corrected chi connectivity index (χ1v) is 11.6. The second-order valence-electron chi connectivity index (χ2n) is 7.58. The third-order valence-electron chi connectivity index (χ3n) is 5.14. The first kappa shape index (κ1) is 20.8. The number of carbonyl (C=O) groups is 2. The number of unbranched alkanes of at least 4 members (excludes halogenated alkanes) is 2. The summed E-state index contributed by atoms with van der Waals surface area (Å²) in [7, 11) is -3.18. The van der Waals surface area contributed by atoms with Crippen molar-refractivity contribution < 1.29 is 22.7 Å². The van der Waals surface area contributed by atoms with Gasteiger partial charge in [0.15, 0.2) is 9.84 Å². The molecule has 0 aromatic carbocycles. The zero-order valence-electron chi connectivity index (χ0n) is 16.1. The number of amides is 3. The number of hydrogen-bond donors (Lipinski definition) is 2. The Morgan fingerprint density at radius 3 is 2.82 bits per heavy atom. The molecule has 2 unspecified atom stereocenters. The molecule has 0 spiro atoms. The second kappa shape index (κ2) is 9.04. The fourth-order valence-corrected chi connectivity index (χ4v) is 5.33. The number of urea groups is 1. The maximum Gasteiger partial charge on any atom is 0.324 e. The van der Waals surface area contributed by atoms with Crippen LogP contribution in [0.1, 0.15) is 62.6 Å². The minimum atomic E-state index is -3.18. The van der Waals surface area contributed by atoms with Crippen molar-refractivity contribution in [3.8, 4) is 0 Å². The van der Waals surface area contributed by atoms with Crippen molar-refractivity contribution >= 4 is 21.8 Å². The van der Waals surface area contributed by atoms with E-state index in [1.165, 1.54) is 4.90 Å². The van der Waals surface area contributed by atoms with Crippen LogP contribution in [0, 0.1) is 0 Å². The molecule has 3 rings (SSSR count). The van der Waals surface area contributed by atoms with Gasteiger partial charge in [0.05, 0.1) is 11.5 Å². The molecule has 0 saturated carbocycles. The summed E-state index contributed by atoms with van der Waals surface area (Å²) >= 11 is 0. The van der Waals surface area contributed by atoms with Gasteiger partial charge in [0.25, 0.3) is 0 Å². The second-order valence-corrected chi connectivity index (χ2v) is 9.81. The largest absolute Gasteiger partial charge is 0.370 e. The van der Waals surface area contributed by atoms with Crippen LogP contribution in [0.3, 0.4) is 0 Å². The topological polar surface area (TPSA) is 121 Å². The molecule has 0 radical (unpaired) electrons. The smallest absolute Gasteiger partial charge is 0.324 e. The Balaban J connectivity index is 1.38. The highest BCUT2D eigenvalue weighted by molar-refractivity contribution is 7.91. The Hall–Kier alpha value is -1.94. The van der Waals surface area contributed by atoms with Crippen LogP contribution in [0.2, 0.25) is 0 Å². The van der Waals surface area contributed by atoms with Crippen molar-refractivity contribution in [1.29, 1.82) is 0 Å². The average Bonchev–Trinajstić information content (AvgIpc) is 3.35. The summed E-state index contributed by atoms with van der Waals surface area (Å²) in [6.45, 7) is 3.18. The number of sulfone groups is 1. The van der Waals surface area contributed by atoms with Gasteiger partial charge in [-0.05, 0) is 25.7 Å². The zero-order valence-corrected chi connectivity index (χ0v) is 17.0. The molecule has 2 saturated heterocycles. The molecular weight excluding hydrogens is 384 g/mol. The molecular formula is C18H28N4O5S. The minimum Gasteiger partial charge on any atom is -0.370 e. The maximum atomic E-state index is 12.4. The van der Waals surface area contributed by atoms with Gasteiger partial charge in [-0.3, -0.25) is 10.1 Å². The van der Waals surface area contributed by atoms with Crippen LogP contribution in [0.5, 0.6) is 0 Å². The van der Waals surface area contributed by atoms with E-state index in [4.69, 9.17) is 4.74 Å². The number of nitrogens with one attached hydrogen (secondary N) is 2. The minimum absolute atomic E-state index is 0.00876. The van der Waals surface area contributed by atoms with Crippen molar-refractivity contribution in [1.82, 2.24) is 20.2 Å². The van der Waals surface area contributed by atoms with E-state index in [0.29, 0.717) is 25.8 Å². The van der Waals surface area contributed by atoms with Crippen LogP contribution in [0.25, 0.3) is 0 Å². The molecule has 3 heterocycles. The predicted molar refractivity (Wildman–Crippen MR) is 103 cm³/mol. The number of ether oxygens (including phenoxy) is 1. The van der Waals surface area contributed by atoms with Gasteiger partial charge in [0.2, 0.25) is 5.91 Å². The molecule has 1 aromatic rings. The fraction of sp³-hybridized carbons (Fsp3) is 0.722. The predicted octanol–water partition coefficient (Wildman–Crippen LogP) is 1.50. The Kier molecular flexibility index (Phi) is 6.71. The van der Waals surface area contributed by atoms with Crippen LogP contribution in [-0.4, -0.2) is 66.4 Å². The molecule has 2 atom stereocenters. The van der Waals surface area contributed by atoms with Crippen molar-refractivity contribution in [2.75, 3.05) is 31.2 Å². The number of aromatic nitrogens is 2. The summed E-state index contributed by atoms with van der Waals surface area (Å²) in [4.78, 5) is 31.6. The number of nitrogens with zero attached hydrogens (tertiary/aromatic N) is 2. The van der Waals surface area contributed by atoms with Gasteiger partial charge in [0.1, 0.15) is 18.5 Å². The quantitative estimate of drug-likeness (QED) is 0.444. The SMILES string of the molecule is CC(CS(=O)(=O)CCCCCN1CC(=O)NC1=O)c1cnc(C2CCCO2)[nH]1. The van der Waals surface area contributed by atoms with E-state index in [-0.39, 0.29) is 42.0 Å². The van der Waals surface area contributed by atoms with Gasteiger partial charge < -0.3 is 14.6 Å². The highest BCUT2D eigenvalue weighted by Gasteiger charge is 2.26. The molecule has 0 aliphatic carbocycles. The zero-order chi connectivity index (χ0) is 20.1. The summed E-state index contributed by atoms with van der Waals surface area (Å²) in [6, 6.07) is -0.367. The Labute approximate surface area is 165 Å². The van der Waals surface area contributed by atoms with Gasteiger partial charge in [-0.15, -0.1) is 0 Å². The van der Waals surface area contributed by atoms with Crippen molar-refractivity contribution in [3.05, 3.63) is 17.7 Å². The molecule has 2 aliphatic heterocycles. The Bertz CT molecular complexity index is 801. The normalized spacial score (nSPS) is 21.3. The van der Waals surface area contributed by atoms with Crippen molar-refractivity contribution in [3.63, 3.8) is 0 Å². The van der Waals surface area contributed by atoms with Crippen LogP contribution in [0.15, 0.2) is 6.20 Å². The number of H-pyrrole nitrogens is 1. The lowest BCUT2D eigenvalue weighted by atomic mass is 10.1. The van der Waals surface area contributed by atoms with E-state index in [1.807, 2.05) is 6.92 Å². The van der Waals surface area contributed by atoms with Gasteiger partial charge in [-0.25, -0.2) is 18.2 Å². The van der Waals surface area contributed by atoms with Crippen LogP contribution in [0.4, 0.5) is 4.79 Å². The van der Waals surface area contributed by atoms with Crippen molar-refractivity contribution in [2.45, 2.75) is 51.0 Å². The molecule has 156 valence electrons. The number of aromatic amines is 1. The van der Waals surface area contributed by atoms with Crippen LogP contribution >= 0.6 is 0 Å². The first-order chi connectivity index (χ1) is 13.3. The standard InChI is InChI=1S/C18H28N4O5S/c1-13(14-10-19-17(20-14)15-6-5-8-27-15)12-28(25,26)9-4-2-3-7-22-11-16(23)21-18(22)24/h10,13,15H,2-9,11-12H2,1H3,(H,19,20)(H,21,23,24). The monoisotopic (exact) mass is 412 g/mol. The van der Waals surface area contributed by atoms with Crippen LogP contribution < -0.4 is 5.32 Å². The Morgan fingerprint density at radius 2 is 2.14 bits per heavy atom. The number of imidazole rings is 1. The van der Waals surface area contributed by atoms with E-state index in [2.05, 4.69) is 15.3 Å². The van der Waals surface area contributed by atoms with E-state index < -0.39 is 9.84 Å². The van der Waals surface area contributed by atoms with E-state index in [9.17, 15) is 18.0 Å². The number of imide groups is 1. The third kappa shape index (κ3) is 5.54.